The van der Waals surface area contributed by atoms with Crippen molar-refractivity contribution in [3.63, 3.8) is 0 Å². The number of pyridine rings is 1. The number of aryl methyl sites for hydroxylation is 1. The number of benzene rings is 3. The number of hydrogen-bond acceptors (Lipinski definition) is 3. The second-order valence-electron chi connectivity index (χ2n) is 7.67. The number of carbonyl (C=O) groups is 1. The van der Waals surface area contributed by atoms with E-state index in [2.05, 4.69) is 18.3 Å². The van der Waals surface area contributed by atoms with Crippen LogP contribution in [0, 0.1) is 0 Å². The minimum Gasteiger partial charge on any atom is -0.497 e. The number of hydrogen-bond donors (Lipinski definition) is 1. The molecule has 0 aliphatic heterocycles. The van der Waals surface area contributed by atoms with E-state index in [4.69, 9.17) is 4.74 Å². The smallest absolute Gasteiger partial charge is 0.268 e. The molecule has 0 radical (unpaired) electrons. The lowest BCUT2D eigenvalue weighted by Crippen LogP contribution is -2.32. The lowest BCUT2D eigenvalue weighted by molar-refractivity contribution is 0.0942. The molecule has 0 spiro atoms. The Morgan fingerprint density at radius 2 is 1.59 bits per heavy atom. The summed E-state index contributed by atoms with van der Waals surface area (Å²) in [6.45, 7) is 2.44. The predicted molar refractivity (Wildman–Crippen MR) is 128 cm³/mol. The van der Waals surface area contributed by atoms with E-state index in [1.54, 1.807) is 14.2 Å². The molecule has 3 aromatic carbocycles. The Balaban J connectivity index is 1.85. The molecule has 0 aliphatic carbocycles. The summed E-state index contributed by atoms with van der Waals surface area (Å²) in [6, 6.07) is 23.1. The van der Waals surface area contributed by atoms with Gasteiger partial charge in [-0.3, -0.25) is 9.59 Å². The van der Waals surface area contributed by atoms with Gasteiger partial charge in [-0.05, 0) is 46.7 Å². The maximum absolute atomic E-state index is 13.5. The standard InChI is InChI=1S/C27H26N2O3/c1-4-19-9-5-6-10-21(19)24-22-11-7-8-12-23(22)27(31)29(2)25(24)26(30)28-17-18-13-15-20(32-3)16-14-18/h5-16H,4,17H2,1-3H3,(H,28,30). The third-order valence-corrected chi connectivity index (χ3v) is 5.80. The van der Waals surface area contributed by atoms with Crippen molar-refractivity contribution in [3.8, 4) is 16.9 Å². The first-order valence-electron chi connectivity index (χ1n) is 10.7. The average Bonchev–Trinajstić information content (AvgIpc) is 2.85. The molecule has 0 saturated heterocycles. The third kappa shape index (κ3) is 3.89. The van der Waals surface area contributed by atoms with Crippen molar-refractivity contribution < 1.29 is 9.53 Å². The summed E-state index contributed by atoms with van der Waals surface area (Å²) >= 11 is 0. The predicted octanol–water partition coefficient (Wildman–Crippen LogP) is 4.71. The van der Waals surface area contributed by atoms with Crippen molar-refractivity contribution >= 4 is 16.7 Å². The van der Waals surface area contributed by atoms with Crippen LogP contribution in [0.2, 0.25) is 0 Å². The molecule has 0 atom stereocenters. The number of methoxy groups -OCH3 is 1. The molecule has 0 saturated carbocycles. The van der Waals surface area contributed by atoms with Crippen molar-refractivity contribution in [1.82, 2.24) is 9.88 Å². The van der Waals surface area contributed by atoms with Crippen LogP contribution in [0.1, 0.15) is 28.5 Å². The van der Waals surface area contributed by atoms with Crippen LogP contribution in [0.15, 0.2) is 77.6 Å². The number of fused-ring (bicyclic) bond motifs is 1. The SMILES string of the molecule is CCc1ccccc1-c1c(C(=O)NCc2ccc(OC)cc2)n(C)c(=O)c2ccccc12. The fraction of sp³-hybridized carbons (Fsp3) is 0.185. The van der Waals surface area contributed by atoms with E-state index in [1.165, 1.54) is 4.57 Å². The van der Waals surface area contributed by atoms with Gasteiger partial charge in [0, 0.05) is 24.5 Å². The Labute approximate surface area is 187 Å². The topological polar surface area (TPSA) is 60.3 Å². The van der Waals surface area contributed by atoms with Crippen LogP contribution in [-0.2, 0) is 20.0 Å². The number of rotatable bonds is 6. The lowest BCUT2D eigenvalue weighted by atomic mass is 9.92. The van der Waals surface area contributed by atoms with Crippen LogP contribution in [0.25, 0.3) is 21.9 Å². The van der Waals surface area contributed by atoms with Crippen LogP contribution < -0.4 is 15.6 Å². The summed E-state index contributed by atoms with van der Waals surface area (Å²) in [7, 11) is 3.28. The first-order valence-corrected chi connectivity index (χ1v) is 10.7. The highest BCUT2D eigenvalue weighted by Crippen LogP contribution is 2.33. The maximum Gasteiger partial charge on any atom is 0.268 e. The van der Waals surface area contributed by atoms with Gasteiger partial charge >= 0.3 is 0 Å². The first kappa shape index (κ1) is 21.4. The van der Waals surface area contributed by atoms with Gasteiger partial charge in [-0.25, -0.2) is 0 Å². The molecular weight excluding hydrogens is 400 g/mol. The fourth-order valence-corrected chi connectivity index (χ4v) is 4.09. The Morgan fingerprint density at radius 1 is 0.938 bits per heavy atom. The second kappa shape index (κ2) is 9.10. The van der Waals surface area contributed by atoms with Crippen molar-refractivity contribution in [2.24, 2.45) is 7.05 Å². The Morgan fingerprint density at radius 3 is 2.28 bits per heavy atom. The highest BCUT2D eigenvalue weighted by Gasteiger charge is 2.22. The third-order valence-electron chi connectivity index (χ3n) is 5.80. The van der Waals surface area contributed by atoms with Crippen LogP contribution in [0.4, 0.5) is 0 Å². The molecule has 1 amide bonds. The zero-order chi connectivity index (χ0) is 22.7. The fourth-order valence-electron chi connectivity index (χ4n) is 4.09. The molecule has 1 aromatic heterocycles. The van der Waals surface area contributed by atoms with Gasteiger partial charge in [0.1, 0.15) is 11.4 Å². The highest BCUT2D eigenvalue weighted by atomic mass is 16.5. The molecule has 4 aromatic rings. The van der Waals surface area contributed by atoms with Gasteiger partial charge < -0.3 is 14.6 Å². The lowest BCUT2D eigenvalue weighted by Gasteiger charge is -2.19. The number of aromatic nitrogens is 1. The van der Waals surface area contributed by atoms with Gasteiger partial charge in [0.15, 0.2) is 0 Å². The Bertz CT molecular complexity index is 1340. The quantitative estimate of drug-likeness (QED) is 0.486. The molecule has 32 heavy (non-hydrogen) atoms. The molecule has 162 valence electrons. The molecule has 0 aliphatic rings. The average molecular weight is 427 g/mol. The molecular formula is C27H26N2O3. The van der Waals surface area contributed by atoms with E-state index in [-0.39, 0.29) is 11.5 Å². The summed E-state index contributed by atoms with van der Waals surface area (Å²) in [6.07, 6.45) is 0.820. The van der Waals surface area contributed by atoms with Gasteiger partial charge in [0.25, 0.3) is 11.5 Å². The minimum absolute atomic E-state index is 0.187. The monoisotopic (exact) mass is 426 g/mol. The summed E-state index contributed by atoms with van der Waals surface area (Å²) < 4.78 is 6.66. The zero-order valence-electron chi connectivity index (χ0n) is 18.5. The van der Waals surface area contributed by atoms with Gasteiger partial charge in [-0.15, -0.1) is 0 Å². The molecule has 5 heteroatoms. The first-order chi connectivity index (χ1) is 15.5. The number of nitrogens with one attached hydrogen (secondary N) is 1. The highest BCUT2D eigenvalue weighted by molar-refractivity contribution is 6.08. The molecule has 5 nitrogen and oxygen atoms in total. The van der Waals surface area contributed by atoms with E-state index < -0.39 is 0 Å². The number of carbonyl (C=O) groups excluding carboxylic acids is 1. The second-order valence-corrected chi connectivity index (χ2v) is 7.67. The summed E-state index contributed by atoms with van der Waals surface area (Å²) in [5.74, 6) is 0.475. The molecule has 0 fully saturated rings. The molecule has 1 heterocycles. The van der Waals surface area contributed by atoms with E-state index in [1.807, 2.05) is 66.7 Å². The number of amides is 1. The van der Waals surface area contributed by atoms with E-state index in [9.17, 15) is 9.59 Å². The van der Waals surface area contributed by atoms with E-state index in [0.717, 1.165) is 39.8 Å². The Hall–Kier alpha value is -3.86. The van der Waals surface area contributed by atoms with Crippen molar-refractivity contribution in [2.75, 3.05) is 7.11 Å². The van der Waals surface area contributed by atoms with Crippen molar-refractivity contribution in [3.05, 3.63) is 100.0 Å². The largest absolute Gasteiger partial charge is 0.497 e. The van der Waals surface area contributed by atoms with Crippen LogP contribution in [-0.4, -0.2) is 17.6 Å². The number of nitrogens with zero attached hydrogens (tertiary/aromatic N) is 1. The van der Waals surface area contributed by atoms with E-state index in [0.29, 0.717) is 17.6 Å². The summed E-state index contributed by atoms with van der Waals surface area (Å²) in [5.41, 5.74) is 4.00. The van der Waals surface area contributed by atoms with Gasteiger partial charge in [0.05, 0.1) is 7.11 Å². The van der Waals surface area contributed by atoms with E-state index >= 15 is 0 Å². The Kier molecular flexibility index (Phi) is 6.08. The van der Waals surface area contributed by atoms with Crippen LogP contribution in [0.5, 0.6) is 5.75 Å². The van der Waals surface area contributed by atoms with Crippen LogP contribution >= 0.6 is 0 Å². The van der Waals surface area contributed by atoms with Crippen LogP contribution in [0.3, 0.4) is 0 Å². The van der Waals surface area contributed by atoms with Gasteiger partial charge in [-0.1, -0.05) is 61.5 Å². The maximum atomic E-state index is 13.5. The van der Waals surface area contributed by atoms with Crippen molar-refractivity contribution in [1.29, 1.82) is 0 Å². The molecule has 4 rings (SSSR count). The zero-order valence-corrected chi connectivity index (χ0v) is 18.5. The van der Waals surface area contributed by atoms with Gasteiger partial charge in [-0.2, -0.15) is 0 Å². The minimum atomic E-state index is -0.285. The summed E-state index contributed by atoms with van der Waals surface area (Å²) in [5, 5.41) is 4.38. The molecule has 0 unspecified atom stereocenters. The molecule has 1 N–H and O–H groups in total. The normalized spacial score (nSPS) is 10.8. The molecule has 0 bridgehead atoms. The van der Waals surface area contributed by atoms with Gasteiger partial charge in [0.2, 0.25) is 0 Å². The summed E-state index contributed by atoms with van der Waals surface area (Å²) in [4.78, 5) is 26.6. The van der Waals surface area contributed by atoms with Crippen molar-refractivity contribution in [2.45, 2.75) is 19.9 Å². The number of ether oxygens (including phenoxy) is 1.